The second-order valence-corrected chi connectivity index (χ2v) is 10.6. The van der Waals surface area contributed by atoms with Crippen molar-refractivity contribution in [3.63, 3.8) is 0 Å². The van der Waals surface area contributed by atoms with E-state index in [1.54, 1.807) is 6.20 Å². The van der Waals surface area contributed by atoms with Crippen LogP contribution in [-0.2, 0) is 11.3 Å². The third-order valence-electron chi connectivity index (χ3n) is 7.95. The molecule has 0 saturated carbocycles. The highest BCUT2D eigenvalue weighted by Crippen LogP contribution is 2.30. The molecule has 2 aliphatic rings. The van der Waals surface area contributed by atoms with Crippen LogP contribution in [0.2, 0.25) is 0 Å². The highest BCUT2D eigenvalue weighted by atomic mass is 16.5. The molecule has 0 bridgehead atoms. The molecule has 3 aromatic heterocycles. The molecule has 0 aliphatic carbocycles. The van der Waals surface area contributed by atoms with Crippen molar-refractivity contribution >= 4 is 27.7 Å². The number of ether oxygens (including phenoxy) is 1. The number of fused-ring (bicyclic) bond motifs is 3. The summed E-state index contributed by atoms with van der Waals surface area (Å²) in [5.41, 5.74) is 3.95. The van der Waals surface area contributed by atoms with E-state index in [9.17, 15) is 9.59 Å². The van der Waals surface area contributed by atoms with E-state index in [2.05, 4.69) is 31.9 Å². The lowest BCUT2D eigenvalue weighted by molar-refractivity contribution is 0.0494. The third kappa shape index (κ3) is 4.48. The quantitative estimate of drug-likeness (QED) is 0.445. The molecule has 4 aromatic rings. The number of aryl methyl sites for hydroxylation is 2. The minimum absolute atomic E-state index is 0.0195. The van der Waals surface area contributed by atoms with Crippen LogP contribution >= 0.6 is 0 Å². The zero-order valence-electron chi connectivity index (χ0n) is 22.1. The second-order valence-electron chi connectivity index (χ2n) is 10.6. The van der Waals surface area contributed by atoms with Crippen LogP contribution in [0, 0.1) is 13.8 Å². The number of carbonyl (C=O) groups is 1. The van der Waals surface area contributed by atoms with Gasteiger partial charge in [-0.2, -0.15) is 5.10 Å². The van der Waals surface area contributed by atoms with Gasteiger partial charge in [0.25, 0.3) is 11.5 Å². The van der Waals surface area contributed by atoms with Crippen molar-refractivity contribution < 1.29 is 9.53 Å². The van der Waals surface area contributed by atoms with E-state index < -0.39 is 0 Å². The molecule has 198 valence electrons. The average molecular weight is 516 g/mol. The summed E-state index contributed by atoms with van der Waals surface area (Å²) in [5.74, 6) is 0.783. The molecule has 10 heteroatoms. The molecular formula is C28H33N7O3. The fourth-order valence-corrected chi connectivity index (χ4v) is 5.75. The summed E-state index contributed by atoms with van der Waals surface area (Å²) in [6, 6.07) is 4.23. The highest BCUT2D eigenvalue weighted by molar-refractivity contribution is 6.07. The Morgan fingerprint density at radius 2 is 1.84 bits per heavy atom. The fourth-order valence-electron chi connectivity index (χ4n) is 5.75. The Hall–Kier alpha value is -3.63. The normalized spacial score (nSPS) is 19.4. The van der Waals surface area contributed by atoms with Crippen molar-refractivity contribution in [3.8, 4) is 0 Å². The van der Waals surface area contributed by atoms with Crippen LogP contribution in [0.3, 0.4) is 0 Å². The number of H-pyrrole nitrogens is 1. The van der Waals surface area contributed by atoms with Gasteiger partial charge in [0, 0.05) is 74.3 Å². The molecule has 1 N–H and O–H groups in total. The van der Waals surface area contributed by atoms with Crippen molar-refractivity contribution in [1.29, 1.82) is 0 Å². The molecule has 1 atom stereocenters. The standard InChI is InChI=1S/C28H33N7O3/c1-17-10-25-23(26-24(27(36)32-25)14-31-35(26)21-4-8-38-9-5-21)11-22(17)28(37)34-7-6-33(18(2)15-34)16-20-12-29-19(3)30-13-20/h10-14,18,21H,4-9,15-16H2,1-3H3,(H,32,36)/t18-/m0/s1. The summed E-state index contributed by atoms with van der Waals surface area (Å²) in [7, 11) is 0. The van der Waals surface area contributed by atoms with Crippen molar-refractivity contribution in [2.24, 2.45) is 0 Å². The van der Waals surface area contributed by atoms with Gasteiger partial charge in [-0.1, -0.05) is 0 Å². The Labute approximate surface area is 220 Å². The first-order valence-electron chi connectivity index (χ1n) is 13.3. The van der Waals surface area contributed by atoms with Crippen molar-refractivity contribution in [1.82, 2.24) is 34.5 Å². The second kappa shape index (κ2) is 9.92. The Bertz CT molecular complexity index is 1550. The van der Waals surface area contributed by atoms with Crippen molar-refractivity contribution in [2.75, 3.05) is 32.8 Å². The molecule has 5 heterocycles. The third-order valence-corrected chi connectivity index (χ3v) is 7.95. The Morgan fingerprint density at radius 1 is 1.08 bits per heavy atom. The van der Waals surface area contributed by atoms with E-state index in [1.165, 1.54) is 0 Å². The molecule has 2 saturated heterocycles. The highest BCUT2D eigenvalue weighted by Gasteiger charge is 2.29. The minimum atomic E-state index is -0.159. The summed E-state index contributed by atoms with van der Waals surface area (Å²) >= 11 is 0. The van der Waals surface area contributed by atoms with Crippen LogP contribution in [0.25, 0.3) is 21.8 Å². The summed E-state index contributed by atoms with van der Waals surface area (Å²) in [6.45, 7) is 10.2. The molecule has 0 unspecified atom stereocenters. The zero-order chi connectivity index (χ0) is 26.4. The lowest BCUT2D eigenvalue weighted by atomic mass is 10.0. The molecule has 1 aromatic carbocycles. The van der Waals surface area contributed by atoms with Gasteiger partial charge in [-0.15, -0.1) is 0 Å². The topological polar surface area (TPSA) is 109 Å². The van der Waals surface area contributed by atoms with Gasteiger partial charge >= 0.3 is 0 Å². The summed E-state index contributed by atoms with van der Waals surface area (Å²) < 4.78 is 7.51. The lowest BCUT2D eigenvalue weighted by Gasteiger charge is -2.40. The van der Waals surface area contributed by atoms with E-state index in [0.717, 1.165) is 59.3 Å². The number of pyridine rings is 1. The fraction of sp³-hybridized carbons (Fsp3) is 0.464. The number of nitrogens with one attached hydrogen (secondary N) is 1. The van der Waals surface area contributed by atoms with E-state index >= 15 is 0 Å². The van der Waals surface area contributed by atoms with E-state index in [1.807, 2.05) is 48.0 Å². The SMILES string of the molecule is Cc1ncc(CN2CCN(C(=O)c3cc4c(cc3C)[nH]c(=O)c3cnn(C5CCOCC5)c34)C[C@@H]2C)cn1. The largest absolute Gasteiger partial charge is 0.381 e. The number of amides is 1. The average Bonchev–Trinajstić information content (AvgIpc) is 3.37. The summed E-state index contributed by atoms with van der Waals surface area (Å²) in [4.78, 5) is 42.6. The molecule has 0 spiro atoms. The van der Waals surface area contributed by atoms with Crippen molar-refractivity contribution in [3.05, 3.63) is 63.6 Å². The Kier molecular flexibility index (Phi) is 6.45. The predicted molar refractivity (Wildman–Crippen MR) is 144 cm³/mol. The number of hydrogen-bond acceptors (Lipinski definition) is 7. The smallest absolute Gasteiger partial charge is 0.259 e. The van der Waals surface area contributed by atoms with Gasteiger partial charge in [-0.3, -0.25) is 19.2 Å². The predicted octanol–water partition coefficient (Wildman–Crippen LogP) is 2.98. The first-order valence-corrected chi connectivity index (χ1v) is 13.3. The van der Waals surface area contributed by atoms with E-state index in [0.29, 0.717) is 37.3 Å². The molecule has 1 amide bonds. The first-order chi connectivity index (χ1) is 18.4. The number of aromatic amines is 1. The molecule has 2 aliphatic heterocycles. The van der Waals surface area contributed by atoms with Crippen LogP contribution in [0.15, 0.2) is 35.5 Å². The van der Waals surface area contributed by atoms with Gasteiger partial charge < -0.3 is 14.6 Å². The molecule has 0 radical (unpaired) electrons. The number of hydrogen-bond donors (Lipinski definition) is 1. The Balaban J connectivity index is 1.30. The molecule has 2 fully saturated rings. The molecular weight excluding hydrogens is 482 g/mol. The van der Waals surface area contributed by atoms with Gasteiger partial charge in [-0.25, -0.2) is 9.97 Å². The van der Waals surface area contributed by atoms with Crippen LogP contribution in [0.1, 0.15) is 53.1 Å². The minimum Gasteiger partial charge on any atom is -0.381 e. The number of aromatic nitrogens is 5. The number of nitrogens with zero attached hydrogens (tertiary/aromatic N) is 6. The Morgan fingerprint density at radius 3 is 2.58 bits per heavy atom. The maximum absolute atomic E-state index is 13.8. The van der Waals surface area contributed by atoms with Gasteiger partial charge in [0.1, 0.15) is 5.82 Å². The number of rotatable bonds is 4. The maximum Gasteiger partial charge on any atom is 0.259 e. The van der Waals surface area contributed by atoms with E-state index in [4.69, 9.17) is 4.74 Å². The maximum atomic E-state index is 13.8. The van der Waals surface area contributed by atoms with Crippen LogP contribution in [0.4, 0.5) is 0 Å². The zero-order valence-corrected chi connectivity index (χ0v) is 22.1. The van der Waals surface area contributed by atoms with Gasteiger partial charge in [0.2, 0.25) is 0 Å². The van der Waals surface area contributed by atoms with Crippen LogP contribution < -0.4 is 5.56 Å². The van der Waals surface area contributed by atoms with E-state index in [-0.39, 0.29) is 23.6 Å². The van der Waals surface area contributed by atoms with Gasteiger partial charge in [-0.05, 0) is 51.3 Å². The number of carbonyl (C=O) groups excluding carboxylic acids is 1. The molecule has 38 heavy (non-hydrogen) atoms. The number of piperazine rings is 1. The van der Waals surface area contributed by atoms with Crippen LogP contribution in [0.5, 0.6) is 0 Å². The van der Waals surface area contributed by atoms with Gasteiger partial charge in [0.05, 0.1) is 28.7 Å². The molecule has 10 nitrogen and oxygen atoms in total. The van der Waals surface area contributed by atoms with Gasteiger partial charge in [0.15, 0.2) is 0 Å². The first kappa shape index (κ1) is 24.7. The van der Waals surface area contributed by atoms with Crippen LogP contribution in [-0.4, -0.2) is 79.3 Å². The molecule has 6 rings (SSSR count). The van der Waals surface area contributed by atoms with Crippen molar-refractivity contribution in [2.45, 2.75) is 52.2 Å². The summed E-state index contributed by atoms with van der Waals surface area (Å²) in [6.07, 6.45) is 7.09. The monoisotopic (exact) mass is 515 g/mol. The lowest BCUT2D eigenvalue weighted by Crippen LogP contribution is -2.53. The summed E-state index contributed by atoms with van der Waals surface area (Å²) in [5, 5.41) is 6.01. The number of benzene rings is 1.